The van der Waals surface area contributed by atoms with Crippen molar-refractivity contribution < 1.29 is 16.8 Å². The smallest absolute Gasteiger partial charge is 0.242 e. The van der Waals surface area contributed by atoms with E-state index >= 15 is 0 Å². The maximum atomic E-state index is 12.0. The van der Waals surface area contributed by atoms with Gasteiger partial charge in [-0.3, -0.25) is 5.84 Å². The molecule has 0 atom stereocenters. The minimum Gasteiger partial charge on any atom is -0.323 e. The van der Waals surface area contributed by atoms with Crippen molar-refractivity contribution >= 4 is 25.5 Å². The molecule has 0 heterocycles. The number of anilines is 1. The first-order valence-electron chi connectivity index (χ1n) is 5.52. The van der Waals surface area contributed by atoms with E-state index in [2.05, 4.69) is 10.1 Å². The van der Waals surface area contributed by atoms with Crippen LogP contribution in [0.25, 0.3) is 0 Å². The summed E-state index contributed by atoms with van der Waals surface area (Å²) in [5.41, 5.74) is 2.38. The second-order valence-corrected chi connectivity index (χ2v) is 7.72. The lowest BCUT2D eigenvalue weighted by Crippen LogP contribution is -2.26. The van der Waals surface area contributed by atoms with Gasteiger partial charge < -0.3 is 5.43 Å². The number of nitrogens with one attached hydrogen (secondary N) is 2. The van der Waals surface area contributed by atoms with Gasteiger partial charge in [-0.15, -0.1) is 0 Å². The first-order valence-corrected chi connectivity index (χ1v) is 8.90. The van der Waals surface area contributed by atoms with Crippen LogP contribution in [0.2, 0.25) is 0 Å². The molecule has 0 bridgehead atoms. The summed E-state index contributed by atoms with van der Waals surface area (Å²) in [6, 6.07) is 3.70. The molecule has 19 heavy (non-hydrogen) atoms. The molecule has 0 saturated carbocycles. The van der Waals surface area contributed by atoms with Crippen molar-refractivity contribution in [1.29, 1.82) is 0 Å². The number of sulfonamides is 1. The van der Waals surface area contributed by atoms with Crippen molar-refractivity contribution in [3.05, 3.63) is 18.2 Å². The average Bonchev–Trinajstić information content (AvgIpc) is 2.34. The van der Waals surface area contributed by atoms with Crippen molar-refractivity contribution in [1.82, 2.24) is 4.72 Å². The Morgan fingerprint density at radius 3 is 2.32 bits per heavy atom. The summed E-state index contributed by atoms with van der Waals surface area (Å²) in [5, 5.41) is 0. The molecule has 7 nitrogen and oxygen atoms in total. The number of hydrogen-bond acceptors (Lipinski definition) is 6. The van der Waals surface area contributed by atoms with Crippen molar-refractivity contribution in [3.8, 4) is 0 Å². The zero-order chi connectivity index (χ0) is 14.7. The first kappa shape index (κ1) is 15.9. The van der Waals surface area contributed by atoms with E-state index in [4.69, 9.17) is 5.84 Å². The largest absolute Gasteiger partial charge is 0.323 e. The SMILES string of the molecule is CCCNS(=O)(=O)c1cc(S(C)(=O)=O)ccc1NN. The van der Waals surface area contributed by atoms with E-state index in [1.807, 2.05) is 6.92 Å². The fraction of sp³-hybridized carbons (Fsp3) is 0.400. The Balaban J connectivity index is 3.39. The number of hydrogen-bond donors (Lipinski definition) is 3. The van der Waals surface area contributed by atoms with Crippen LogP contribution < -0.4 is 16.0 Å². The molecule has 0 spiro atoms. The highest BCUT2D eigenvalue weighted by Crippen LogP contribution is 2.24. The highest BCUT2D eigenvalue weighted by Gasteiger charge is 2.20. The summed E-state index contributed by atoms with van der Waals surface area (Å²) in [4.78, 5) is -0.269. The molecule has 0 aliphatic rings. The molecule has 0 aliphatic carbocycles. The van der Waals surface area contributed by atoms with Gasteiger partial charge >= 0.3 is 0 Å². The number of nitrogen functional groups attached to an aromatic ring is 1. The minimum absolute atomic E-state index is 0.0802. The first-order chi connectivity index (χ1) is 8.72. The molecule has 0 saturated heterocycles. The van der Waals surface area contributed by atoms with Crippen LogP contribution in [0.15, 0.2) is 28.0 Å². The topological polar surface area (TPSA) is 118 Å². The number of nitrogens with two attached hydrogens (primary N) is 1. The third kappa shape index (κ3) is 3.90. The van der Waals surface area contributed by atoms with Gasteiger partial charge in [0.2, 0.25) is 10.0 Å². The minimum atomic E-state index is -3.80. The molecule has 1 aromatic carbocycles. The number of rotatable bonds is 6. The van der Waals surface area contributed by atoms with E-state index in [1.165, 1.54) is 12.1 Å². The van der Waals surface area contributed by atoms with Crippen LogP contribution in [0.1, 0.15) is 13.3 Å². The highest BCUT2D eigenvalue weighted by molar-refractivity contribution is 7.91. The van der Waals surface area contributed by atoms with Gasteiger partial charge in [0, 0.05) is 12.8 Å². The molecule has 0 aromatic heterocycles. The lowest BCUT2D eigenvalue weighted by Gasteiger charge is -2.12. The van der Waals surface area contributed by atoms with Gasteiger partial charge in [0.25, 0.3) is 0 Å². The molecule has 1 aromatic rings. The zero-order valence-corrected chi connectivity index (χ0v) is 12.3. The summed E-state index contributed by atoms with van der Waals surface area (Å²) in [5.74, 6) is 5.24. The highest BCUT2D eigenvalue weighted by atomic mass is 32.2. The van der Waals surface area contributed by atoms with Crippen LogP contribution in [0.5, 0.6) is 0 Å². The Hall–Kier alpha value is -1.16. The van der Waals surface area contributed by atoms with Crippen LogP contribution in [-0.2, 0) is 19.9 Å². The predicted octanol–water partition coefficient (Wildman–Crippen LogP) is 0.0640. The maximum Gasteiger partial charge on any atom is 0.242 e. The normalized spacial score (nSPS) is 12.4. The van der Waals surface area contributed by atoms with E-state index in [-0.39, 0.29) is 22.0 Å². The number of hydrazine groups is 1. The third-order valence-electron chi connectivity index (χ3n) is 2.37. The monoisotopic (exact) mass is 307 g/mol. The summed E-state index contributed by atoms with van der Waals surface area (Å²) in [6.45, 7) is 2.08. The fourth-order valence-corrected chi connectivity index (χ4v) is 3.44. The van der Waals surface area contributed by atoms with Crippen molar-refractivity contribution in [2.45, 2.75) is 23.1 Å². The Morgan fingerprint density at radius 2 is 1.84 bits per heavy atom. The molecule has 0 fully saturated rings. The van der Waals surface area contributed by atoms with E-state index in [9.17, 15) is 16.8 Å². The van der Waals surface area contributed by atoms with Gasteiger partial charge in [-0.1, -0.05) is 6.92 Å². The van der Waals surface area contributed by atoms with Crippen LogP contribution in [0.4, 0.5) is 5.69 Å². The Kier molecular flexibility index (Phi) is 4.91. The third-order valence-corrected chi connectivity index (χ3v) is 4.98. The molecular formula is C10H17N3O4S2. The van der Waals surface area contributed by atoms with E-state index in [1.54, 1.807) is 0 Å². The van der Waals surface area contributed by atoms with Gasteiger partial charge in [-0.2, -0.15) is 0 Å². The molecule has 108 valence electrons. The maximum absolute atomic E-state index is 12.0. The standard InChI is InChI=1S/C10H17N3O4S2/c1-3-6-12-19(16,17)10-7-8(18(2,14)15)4-5-9(10)13-11/h4-5,7,12-13H,3,6,11H2,1-2H3. The molecule has 1 rings (SSSR count). The van der Waals surface area contributed by atoms with E-state index < -0.39 is 19.9 Å². The zero-order valence-electron chi connectivity index (χ0n) is 10.7. The van der Waals surface area contributed by atoms with Crippen LogP contribution in [-0.4, -0.2) is 29.6 Å². The second kappa shape index (κ2) is 5.87. The van der Waals surface area contributed by atoms with Crippen molar-refractivity contribution in [2.75, 3.05) is 18.2 Å². The average molecular weight is 307 g/mol. The second-order valence-electron chi connectivity index (χ2n) is 3.97. The van der Waals surface area contributed by atoms with Crippen molar-refractivity contribution in [3.63, 3.8) is 0 Å². The van der Waals surface area contributed by atoms with Crippen molar-refractivity contribution in [2.24, 2.45) is 5.84 Å². The lowest BCUT2D eigenvalue weighted by molar-refractivity contribution is 0.580. The van der Waals surface area contributed by atoms with Crippen LogP contribution >= 0.6 is 0 Å². The Morgan fingerprint density at radius 1 is 1.21 bits per heavy atom. The molecule has 4 N–H and O–H groups in total. The van der Waals surface area contributed by atoms with Gasteiger partial charge in [-0.05, 0) is 24.6 Å². The van der Waals surface area contributed by atoms with Gasteiger partial charge in [0.1, 0.15) is 4.90 Å². The molecular weight excluding hydrogens is 290 g/mol. The molecule has 0 amide bonds. The summed E-state index contributed by atoms with van der Waals surface area (Å²) >= 11 is 0. The van der Waals surface area contributed by atoms with E-state index in [0.717, 1.165) is 12.3 Å². The summed E-state index contributed by atoms with van der Waals surface area (Å²) < 4.78 is 49.4. The molecule has 0 unspecified atom stereocenters. The molecule has 9 heteroatoms. The fourth-order valence-electron chi connectivity index (χ4n) is 1.39. The summed E-state index contributed by atoms with van der Waals surface area (Å²) in [6.07, 6.45) is 1.63. The van der Waals surface area contributed by atoms with Crippen LogP contribution in [0, 0.1) is 0 Å². The number of benzene rings is 1. The Bertz CT molecular complexity index is 653. The summed E-state index contributed by atoms with van der Waals surface area (Å²) in [7, 11) is -7.30. The molecule has 0 aliphatic heterocycles. The van der Waals surface area contributed by atoms with E-state index in [0.29, 0.717) is 6.42 Å². The quantitative estimate of drug-likeness (QED) is 0.505. The lowest BCUT2D eigenvalue weighted by atomic mass is 10.3. The Labute approximate surface area is 113 Å². The van der Waals surface area contributed by atoms with Gasteiger partial charge in [-0.25, -0.2) is 21.6 Å². The van der Waals surface area contributed by atoms with Gasteiger partial charge in [0.15, 0.2) is 9.84 Å². The predicted molar refractivity (Wildman–Crippen MR) is 72.8 cm³/mol. The molecule has 0 radical (unpaired) electrons. The number of sulfone groups is 1. The van der Waals surface area contributed by atoms with Gasteiger partial charge in [0.05, 0.1) is 10.6 Å². The van der Waals surface area contributed by atoms with Crippen LogP contribution in [0.3, 0.4) is 0 Å².